The topological polar surface area (TPSA) is 67.2 Å². The molecule has 0 amide bonds. The van der Waals surface area contributed by atoms with E-state index in [1.807, 2.05) is 5.40 Å². The summed E-state index contributed by atoms with van der Waals surface area (Å²) in [5, 5.41) is 10.1. The van der Waals surface area contributed by atoms with E-state index in [1.165, 1.54) is 7.11 Å². The van der Waals surface area contributed by atoms with Gasteiger partial charge >= 0.3 is 5.97 Å². The summed E-state index contributed by atoms with van der Waals surface area (Å²) in [6, 6.07) is 0. The van der Waals surface area contributed by atoms with Crippen molar-refractivity contribution >= 4 is 23.5 Å². The molecule has 0 aromatic rings. The normalized spacial score (nSPS) is 9.33. The maximum Gasteiger partial charge on any atom is 0.305 e. The van der Waals surface area contributed by atoms with Crippen LogP contribution in [0.4, 0.5) is 0 Å². The number of thioether (sulfide) groups is 1. The summed E-state index contributed by atoms with van der Waals surface area (Å²) < 4.78 is 4.47. The molecular weight excluding hydrogens is 214 g/mol. The number of Topliss-reactive ketones (excluding diaryl/α,β-unsaturated/α-hetero) is 1. The third-order valence-electron chi connectivity index (χ3n) is 1.86. The third-order valence-corrected chi connectivity index (χ3v) is 2.40. The van der Waals surface area contributed by atoms with Gasteiger partial charge in [0.1, 0.15) is 11.2 Å². The Hall–Kier alpha value is -1.02. The smallest absolute Gasteiger partial charge is 0.305 e. The molecule has 4 nitrogen and oxygen atoms in total. The van der Waals surface area contributed by atoms with Gasteiger partial charge in [-0.1, -0.05) is 0 Å². The standard InChI is InChI=1S/C10H15NO3S/c1-14-10(13)5-3-2-4-9(12)6-7-15-8-11/h2-7H2,1H3. The molecule has 0 unspecified atom stereocenters. The van der Waals surface area contributed by atoms with Crippen molar-refractivity contribution < 1.29 is 14.3 Å². The number of ether oxygens (including phenoxy) is 1. The molecule has 0 rings (SSSR count). The second-order valence-corrected chi connectivity index (χ2v) is 3.89. The van der Waals surface area contributed by atoms with E-state index < -0.39 is 0 Å². The molecule has 0 heterocycles. The van der Waals surface area contributed by atoms with Crippen LogP contribution in [0.25, 0.3) is 0 Å². The van der Waals surface area contributed by atoms with Crippen molar-refractivity contribution in [1.82, 2.24) is 0 Å². The van der Waals surface area contributed by atoms with Crippen molar-refractivity contribution in [3.8, 4) is 5.40 Å². The number of ketones is 1. The molecule has 0 fully saturated rings. The summed E-state index contributed by atoms with van der Waals surface area (Å²) in [7, 11) is 1.35. The van der Waals surface area contributed by atoms with Crippen molar-refractivity contribution in [2.24, 2.45) is 0 Å². The van der Waals surface area contributed by atoms with Gasteiger partial charge in [-0.15, -0.1) is 0 Å². The maximum absolute atomic E-state index is 11.2. The summed E-state index contributed by atoms with van der Waals surface area (Å²) >= 11 is 1.09. The zero-order chi connectivity index (χ0) is 11.5. The van der Waals surface area contributed by atoms with Gasteiger partial charge in [-0.05, 0) is 24.6 Å². The van der Waals surface area contributed by atoms with Gasteiger partial charge in [0.25, 0.3) is 0 Å². The van der Waals surface area contributed by atoms with E-state index in [1.54, 1.807) is 0 Å². The molecule has 0 atom stereocenters. The predicted molar refractivity (Wildman–Crippen MR) is 58.2 cm³/mol. The average Bonchev–Trinajstić information content (AvgIpc) is 2.24. The molecule has 0 aliphatic heterocycles. The summed E-state index contributed by atoms with van der Waals surface area (Å²) in [4.78, 5) is 21.9. The molecule has 0 aliphatic rings. The minimum atomic E-state index is -0.234. The van der Waals surface area contributed by atoms with E-state index in [0.29, 0.717) is 37.9 Å². The quantitative estimate of drug-likeness (QED) is 0.361. The van der Waals surface area contributed by atoms with Crippen molar-refractivity contribution in [3.63, 3.8) is 0 Å². The van der Waals surface area contributed by atoms with E-state index in [9.17, 15) is 9.59 Å². The van der Waals surface area contributed by atoms with Crippen molar-refractivity contribution in [3.05, 3.63) is 0 Å². The van der Waals surface area contributed by atoms with Gasteiger partial charge in [-0.3, -0.25) is 9.59 Å². The number of thiocyanates is 1. The molecule has 0 aliphatic carbocycles. The Morgan fingerprint density at radius 1 is 1.27 bits per heavy atom. The summed E-state index contributed by atoms with van der Waals surface area (Å²) in [6.07, 6.45) is 2.70. The molecule has 84 valence electrons. The lowest BCUT2D eigenvalue weighted by Gasteiger charge is -1.99. The van der Waals surface area contributed by atoms with Crippen LogP contribution >= 0.6 is 11.8 Å². The first-order valence-corrected chi connectivity index (χ1v) is 5.78. The molecule has 0 saturated carbocycles. The van der Waals surface area contributed by atoms with Crippen molar-refractivity contribution in [2.45, 2.75) is 32.1 Å². The fourth-order valence-electron chi connectivity index (χ4n) is 1.03. The largest absolute Gasteiger partial charge is 0.469 e. The van der Waals surface area contributed by atoms with Crippen LogP contribution in [0.2, 0.25) is 0 Å². The third kappa shape index (κ3) is 9.29. The van der Waals surface area contributed by atoms with Gasteiger partial charge in [-0.25, -0.2) is 0 Å². The number of carbonyl (C=O) groups is 2. The molecule has 0 aromatic carbocycles. The van der Waals surface area contributed by atoms with Gasteiger partial charge in [0.15, 0.2) is 0 Å². The minimum absolute atomic E-state index is 0.155. The van der Waals surface area contributed by atoms with E-state index >= 15 is 0 Å². The lowest BCUT2D eigenvalue weighted by Crippen LogP contribution is -2.02. The van der Waals surface area contributed by atoms with E-state index in [4.69, 9.17) is 5.26 Å². The number of carbonyl (C=O) groups excluding carboxylic acids is 2. The number of hydrogen-bond acceptors (Lipinski definition) is 5. The Bertz CT molecular complexity index is 248. The van der Waals surface area contributed by atoms with E-state index in [0.717, 1.165) is 11.8 Å². The van der Waals surface area contributed by atoms with Crippen LogP contribution < -0.4 is 0 Å². The molecule has 5 heteroatoms. The molecule has 15 heavy (non-hydrogen) atoms. The van der Waals surface area contributed by atoms with Gasteiger partial charge < -0.3 is 4.74 Å². The first kappa shape index (κ1) is 14.0. The number of nitriles is 1. The molecule has 0 saturated heterocycles. The highest BCUT2D eigenvalue weighted by Crippen LogP contribution is 2.06. The number of rotatable bonds is 8. The van der Waals surface area contributed by atoms with Crippen LogP contribution in [0.5, 0.6) is 0 Å². The second-order valence-electron chi connectivity index (χ2n) is 3.01. The van der Waals surface area contributed by atoms with Crippen molar-refractivity contribution in [2.75, 3.05) is 12.9 Å². The van der Waals surface area contributed by atoms with E-state index in [2.05, 4.69) is 4.74 Å². The molecule has 0 radical (unpaired) electrons. The Balaban J connectivity index is 3.32. The lowest BCUT2D eigenvalue weighted by atomic mass is 10.1. The number of esters is 1. The van der Waals surface area contributed by atoms with Crippen LogP contribution in [0.1, 0.15) is 32.1 Å². The Kier molecular flexibility index (Phi) is 8.88. The predicted octanol–water partition coefficient (Wildman–Crippen LogP) is 1.89. The maximum atomic E-state index is 11.2. The monoisotopic (exact) mass is 229 g/mol. The van der Waals surface area contributed by atoms with Crippen LogP contribution in [-0.4, -0.2) is 24.6 Å². The number of hydrogen-bond donors (Lipinski definition) is 0. The van der Waals surface area contributed by atoms with Crippen molar-refractivity contribution in [1.29, 1.82) is 5.26 Å². The summed E-state index contributed by atoms with van der Waals surface area (Å²) in [5.74, 6) is 0.483. The fourth-order valence-corrected chi connectivity index (χ4v) is 1.45. The Morgan fingerprint density at radius 3 is 2.53 bits per heavy atom. The van der Waals surface area contributed by atoms with Crippen LogP contribution in [0, 0.1) is 10.7 Å². The number of methoxy groups -OCH3 is 1. The highest BCUT2D eigenvalue weighted by molar-refractivity contribution is 8.03. The molecule has 0 aromatic heterocycles. The number of unbranched alkanes of at least 4 members (excludes halogenated alkanes) is 1. The highest BCUT2D eigenvalue weighted by atomic mass is 32.2. The SMILES string of the molecule is COC(=O)CCCCC(=O)CCSC#N. The van der Waals surface area contributed by atoms with E-state index in [-0.39, 0.29) is 11.8 Å². The summed E-state index contributed by atoms with van der Waals surface area (Å²) in [6.45, 7) is 0. The van der Waals surface area contributed by atoms with Crippen LogP contribution in [0.15, 0.2) is 0 Å². The van der Waals surface area contributed by atoms with Gasteiger partial charge in [0, 0.05) is 25.0 Å². The zero-order valence-electron chi connectivity index (χ0n) is 8.82. The highest BCUT2D eigenvalue weighted by Gasteiger charge is 2.04. The van der Waals surface area contributed by atoms with Gasteiger partial charge in [0.05, 0.1) is 7.11 Å². The Labute approximate surface area is 94.0 Å². The fraction of sp³-hybridized carbons (Fsp3) is 0.700. The van der Waals surface area contributed by atoms with Gasteiger partial charge in [-0.2, -0.15) is 5.26 Å². The first-order chi connectivity index (χ1) is 7.20. The second kappa shape index (κ2) is 9.53. The minimum Gasteiger partial charge on any atom is -0.469 e. The van der Waals surface area contributed by atoms with Crippen LogP contribution in [0.3, 0.4) is 0 Å². The zero-order valence-corrected chi connectivity index (χ0v) is 9.64. The molecular formula is C10H15NO3S. The molecule has 0 spiro atoms. The first-order valence-electron chi connectivity index (χ1n) is 4.80. The molecule has 0 N–H and O–H groups in total. The van der Waals surface area contributed by atoms with Gasteiger partial charge in [0.2, 0.25) is 0 Å². The lowest BCUT2D eigenvalue weighted by molar-refractivity contribution is -0.140. The molecule has 0 bridgehead atoms. The number of nitrogens with zero attached hydrogens (tertiary/aromatic N) is 1. The van der Waals surface area contributed by atoms with Crippen LogP contribution in [-0.2, 0) is 14.3 Å². The average molecular weight is 229 g/mol. The Morgan fingerprint density at radius 2 is 1.93 bits per heavy atom. The summed E-state index contributed by atoms with van der Waals surface area (Å²) in [5.41, 5.74) is 0.